The Labute approximate surface area is 125 Å². The SMILES string of the molecule is CCc1nnc(N2CCCC(CO)C2)c(C(=N)N)c1CC. The number of nitrogens with one attached hydrogen (secondary N) is 1. The van der Waals surface area contributed by atoms with E-state index in [2.05, 4.69) is 22.0 Å². The summed E-state index contributed by atoms with van der Waals surface area (Å²) >= 11 is 0. The first-order valence-corrected chi connectivity index (χ1v) is 7.70. The van der Waals surface area contributed by atoms with E-state index < -0.39 is 0 Å². The largest absolute Gasteiger partial charge is 0.396 e. The van der Waals surface area contributed by atoms with Gasteiger partial charge in [-0.15, -0.1) is 5.10 Å². The van der Waals surface area contributed by atoms with Crippen molar-refractivity contribution in [3.8, 4) is 0 Å². The van der Waals surface area contributed by atoms with Gasteiger partial charge in [-0.3, -0.25) is 5.41 Å². The van der Waals surface area contributed by atoms with Crippen LogP contribution in [0.15, 0.2) is 0 Å². The van der Waals surface area contributed by atoms with Gasteiger partial charge in [-0.25, -0.2) is 0 Å². The highest BCUT2D eigenvalue weighted by Crippen LogP contribution is 2.27. The summed E-state index contributed by atoms with van der Waals surface area (Å²) in [5.74, 6) is 1.02. The number of nitrogens with zero attached hydrogens (tertiary/aromatic N) is 3. The van der Waals surface area contributed by atoms with Crippen LogP contribution in [0, 0.1) is 11.3 Å². The van der Waals surface area contributed by atoms with Gasteiger partial charge in [0.2, 0.25) is 0 Å². The van der Waals surface area contributed by atoms with Crippen LogP contribution in [0.2, 0.25) is 0 Å². The molecular weight excluding hydrogens is 266 g/mol. The van der Waals surface area contributed by atoms with Gasteiger partial charge < -0.3 is 15.7 Å². The summed E-state index contributed by atoms with van der Waals surface area (Å²) in [7, 11) is 0. The lowest BCUT2D eigenvalue weighted by Gasteiger charge is -2.34. The molecule has 1 aliphatic rings. The van der Waals surface area contributed by atoms with Crippen molar-refractivity contribution in [2.75, 3.05) is 24.6 Å². The van der Waals surface area contributed by atoms with Crippen molar-refractivity contribution < 1.29 is 5.11 Å². The second-order valence-corrected chi connectivity index (χ2v) is 5.58. The molecule has 1 saturated heterocycles. The molecule has 0 bridgehead atoms. The Balaban J connectivity index is 2.45. The summed E-state index contributed by atoms with van der Waals surface area (Å²) in [6.07, 6.45) is 3.62. The third kappa shape index (κ3) is 3.15. The molecule has 1 fully saturated rings. The molecule has 4 N–H and O–H groups in total. The molecule has 116 valence electrons. The molecule has 0 amide bonds. The quantitative estimate of drug-likeness (QED) is 0.557. The van der Waals surface area contributed by atoms with Crippen LogP contribution in [-0.2, 0) is 12.8 Å². The molecule has 0 aromatic carbocycles. The maximum atomic E-state index is 9.39. The molecule has 0 aliphatic carbocycles. The molecule has 21 heavy (non-hydrogen) atoms. The molecule has 1 aromatic rings. The zero-order valence-electron chi connectivity index (χ0n) is 12.9. The smallest absolute Gasteiger partial charge is 0.162 e. The molecule has 1 unspecified atom stereocenters. The number of hydrogen-bond donors (Lipinski definition) is 3. The van der Waals surface area contributed by atoms with E-state index in [-0.39, 0.29) is 18.4 Å². The molecular formula is C15H25N5O. The summed E-state index contributed by atoms with van der Waals surface area (Å²) < 4.78 is 0. The number of aryl methyl sites for hydroxylation is 1. The highest BCUT2D eigenvalue weighted by molar-refractivity contribution is 6.01. The maximum Gasteiger partial charge on any atom is 0.162 e. The Morgan fingerprint density at radius 1 is 1.38 bits per heavy atom. The van der Waals surface area contributed by atoms with Gasteiger partial charge in [0.15, 0.2) is 5.82 Å². The fraction of sp³-hybridized carbons (Fsp3) is 0.667. The van der Waals surface area contributed by atoms with Crippen LogP contribution in [0.4, 0.5) is 5.82 Å². The summed E-state index contributed by atoms with van der Waals surface area (Å²) in [5.41, 5.74) is 8.50. The lowest BCUT2D eigenvalue weighted by atomic mass is 9.97. The van der Waals surface area contributed by atoms with Crippen molar-refractivity contribution >= 4 is 11.7 Å². The fourth-order valence-corrected chi connectivity index (χ4v) is 3.07. The molecule has 2 heterocycles. The average Bonchev–Trinajstić information content (AvgIpc) is 2.53. The van der Waals surface area contributed by atoms with Crippen LogP contribution in [0.25, 0.3) is 0 Å². The van der Waals surface area contributed by atoms with E-state index in [1.54, 1.807) is 0 Å². The molecule has 0 spiro atoms. The van der Waals surface area contributed by atoms with Crippen molar-refractivity contribution in [1.29, 1.82) is 5.41 Å². The summed E-state index contributed by atoms with van der Waals surface area (Å²) in [6.45, 7) is 5.90. The molecule has 1 aliphatic heterocycles. The molecule has 6 heteroatoms. The maximum absolute atomic E-state index is 9.39. The predicted molar refractivity (Wildman–Crippen MR) is 83.8 cm³/mol. The van der Waals surface area contributed by atoms with Gasteiger partial charge in [0, 0.05) is 19.7 Å². The van der Waals surface area contributed by atoms with E-state index in [1.807, 2.05) is 6.92 Å². The standard InChI is InChI=1S/C15H25N5O/c1-3-11-12(4-2)18-19-15(13(11)14(16)17)20-7-5-6-10(8-20)9-21/h10,21H,3-9H2,1-2H3,(H3,16,17). The average molecular weight is 291 g/mol. The molecule has 2 rings (SSSR count). The van der Waals surface area contributed by atoms with Crippen molar-refractivity contribution in [1.82, 2.24) is 10.2 Å². The van der Waals surface area contributed by atoms with Gasteiger partial charge in [-0.2, -0.15) is 5.10 Å². The number of rotatable bonds is 5. The Morgan fingerprint density at radius 2 is 2.14 bits per heavy atom. The van der Waals surface area contributed by atoms with Crippen molar-refractivity contribution in [2.24, 2.45) is 11.7 Å². The fourth-order valence-electron chi connectivity index (χ4n) is 3.07. The van der Waals surface area contributed by atoms with Crippen LogP contribution >= 0.6 is 0 Å². The van der Waals surface area contributed by atoms with Crippen LogP contribution in [0.1, 0.15) is 43.5 Å². The third-order valence-electron chi connectivity index (χ3n) is 4.17. The van der Waals surface area contributed by atoms with Crippen LogP contribution < -0.4 is 10.6 Å². The first-order chi connectivity index (χ1) is 10.1. The number of anilines is 1. The lowest BCUT2D eigenvalue weighted by Crippen LogP contribution is -2.39. The minimum Gasteiger partial charge on any atom is -0.396 e. The summed E-state index contributed by atoms with van der Waals surface area (Å²) in [6, 6.07) is 0. The lowest BCUT2D eigenvalue weighted by molar-refractivity contribution is 0.208. The van der Waals surface area contributed by atoms with Gasteiger partial charge in [-0.1, -0.05) is 13.8 Å². The van der Waals surface area contributed by atoms with Crippen molar-refractivity contribution in [3.05, 3.63) is 16.8 Å². The molecule has 0 radical (unpaired) electrons. The summed E-state index contributed by atoms with van der Waals surface area (Å²) in [5, 5.41) is 26.0. The number of nitrogens with two attached hydrogens (primary N) is 1. The second-order valence-electron chi connectivity index (χ2n) is 5.58. The topological polar surface area (TPSA) is 99.1 Å². The highest BCUT2D eigenvalue weighted by Gasteiger charge is 2.25. The van der Waals surface area contributed by atoms with Gasteiger partial charge in [0.25, 0.3) is 0 Å². The number of aliphatic hydroxyl groups excluding tert-OH is 1. The van der Waals surface area contributed by atoms with Crippen LogP contribution in [0.3, 0.4) is 0 Å². The zero-order chi connectivity index (χ0) is 15.4. The zero-order valence-corrected chi connectivity index (χ0v) is 12.9. The van der Waals surface area contributed by atoms with E-state index in [0.717, 1.165) is 55.6 Å². The predicted octanol–water partition coefficient (Wildman–Crippen LogP) is 1.09. The van der Waals surface area contributed by atoms with Crippen molar-refractivity contribution in [2.45, 2.75) is 39.5 Å². The Bertz CT molecular complexity index is 517. The number of amidine groups is 1. The minimum atomic E-state index is 0.0533. The van der Waals surface area contributed by atoms with Gasteiger partial charge >= 0.3 is 0 Å². The number of nitrogen functional groups attached to an aromatic ring is 1. The van der Waals surface area contributed by atoms with Gasteiger partial charge in [0.1, 0.15) is 5.84 Å². The normalized spacial score (nSPS) is 18.8. The number of hydrogen-bond acceptors (Lipinski definition) is 5. The highest BCUT2D eigenvalue weighted by atomic mass is 16.3. The van der Waals surface area contributed by atoms with E-state index in [0.29, 0.717) is 5.82 Å². The Morgan fingerprint density at radius 3 is 2.71 bits per heavy atom. The number of piperidine rings is 1. The molecule has 6 nitrogen and oxygen atoms in total. The van der Waals surface area contributed by atoms with Crippen LogP contribution in [-0.4, -0.2) is 40.8 Å². The third-order valence-corrected chi connectivity index (χ3v) is 4.17. The van der Waals surface area contributed by atoms with E-state index >= 15 is 0 Å². The molecule has 1 aromatic heterocycles. The minimum absolute atomic E-state index is 0.0533. The van der Waals surface area contributed by atoms with E-state index in [4.69, 9.17) is 11.1 Å². The molecule has 1 atom stereocenters. The first-order valence-electron chi connectivity index (χ1n) is 7.70. The van der Waals surface area contributed by atoms with E-state index in [1.165, 1.54) is 0 Å². The number of aliphatic hydroxyl groups is 1. The molecule has 0 saturated carbocycles. The Hall–Kier alpha value is -1.69. The summed E-state index contributed by atoms with van der Waals surface area (Å²) in [4.78, 5) is 2.12. The first kappa shape index (κ1) is 15.7. The van der Waals surface area contributed by atoms with E-state index in [9.17, 15) is 5.11 Å². The van der Waals surface area contributed by atoms with Crippen molar-refractivity contribution in [3.63, 3.8) is 0 Å². The van der Waals surface area contributed by atoms with Gasteiger partial charge in [0.05, 0.1) is 11.3 Å². The monoisotopic (exact) mass is 291 g/mol. The van der Waals surface area contributed by atoms with Crippen LogP contribution in [0.5, 0.6) is 0 Å². The second kappa shape index (κ2) is 6.85. The Kier molecular flexibility index (Phi) is 5.12. The number of aromatic nitrogens is 2. The van der Waals surface area contributed by atoms with Gasteiger partial charge in [-0.05, 0) is 37.2 Å².